The lowest BCUT2D eigenvalue weighted by Crippen LogP contribution is -2.16. The van der Waals surface area contributed by atoms with Crippen molar-refractivity contribution in [2.24, 2.45) is 5.92 Å². The molecule has 0 fully saturated rings. The van der Waals surface area contributed by atoms with E-state index in [1.165, 1.54) is 0 Å². The molecule has 16 heavy (non-hydrogen) atoms. The van der Waals surface area contributed by atoms with E-state index in [0.717, 1.165) is 10.8 Å². The van der Waals surface area contributed by atoms with Gasteiger partial charge in [0.25, 0.3) is 0 Å². The van der Waals surface area contributed by atoms with Gasteiger partial charge in [-0.1, -0.05) is 38.1 Å². The number of carbonyl (C=O) groups is 1. The van der Waals surface area contributed by atoms with Gasteiger partial charge in [0.05, 0.1) is 6.26 Å². The molecular formula is C13H14O3. The quantitative estimate of drug-likeness (QED) is 0.860. The second-order valence-electron chi connectivity index (χ2n) is 4.25. The van der Waals surface area contributed by atoms with Crippen LogP contribution < -0.4 is 0 Å². The van der Waals surface area contributed by atoms with Crippen LogP contribution in [-0.2, 0) is 4.79 Å². The Morgan fingerprint density at radius 3 is 2.62 bits per heavy atom. The predicted molar refractivity (Wildman–Crippen MR) is 61.4 cm³/mol. The molecule has 1 aromatic carbocycles. The highest BCUT2D eigenvalue weighted by molar-refractivity contribution is 5.89. The SMILES string of the molecule is CC(C)C(C(=O)O)c1occ2ccccc12. The normalized spacial score (nSPS) is 13.2. The van der Waals surface area contributed by atoms with Gasteiger partial charge < -0.3 is 9.52 Å². The average molecular weight is 218 g/mol. The van der Waals surface area contributed by atoms with Crippen LogP contribution in [0.1, 0.15) is 25.5 Å². The fourth-order valence-electron chi connectivity index (χ4n) is 1.96. The van der Waals surface area contributed by atoms with Crippen molar-refractivity contribution >= 4 is 16.7 Å². The Bertz CT molecular complexity index is 511. The van der Waals surface area contributed by atoms with E-state index in [0.29, 0.717) is 5.76 Å². The van der Waals surface area contributed by atoms with E-state index in [4.69, 9.17) is 4.42 Å². The Kier molecular flexibility index (Phi) is 2.69. The summed E-state index contributed by atoms with van der Waals surface area (Å²) >= 11 is 0. The molecule has 1 heterocycles. The molecule has 2 rings (SSSR count). The molecule has 1 atom stereocenters. The molecule has 0 spiro atoms. The summed E-state index contributed by atoms with van der Waals surface area (Å²) < 4.78 is 5.42. The molecule has 0 radical (unpaired) electrons. The standard InChI is InChI=1S/C13H14O3/c1-8(2)11(13(14)15)12-10-6-4-3-5-9(10)7-16-12/h3-8,11H,1-2H3,(H,14,15). The van der Waals surface area contributed by atoms with Crippen molar-refractivity contribution < 1.29 is 14.3 Å². The fraction of sp³-hybridized carbons (Fsp3) is 0.308. The lowest BCUT2D eigenvalue weighted by molar-refractivity contribution is -0.140. The fourth-order valence-corrected chi connectivity index (χ4v) is 1.96. The molecule has 1 aromatic heterocycles. The summed E-state index contributed by atoms with van der Waals surface area (Å²) in [6, 6.07) is 7.61. The van der Waals surface area contributed by atoms with Crippen molar-refractivity contribution in [3.8, 4) is 0 Å². The lowest BCUT2D eigenvalue weighted by Gasteiger charge is -2.13. The molecule has 0 saturated heterocycles. The summed E-state index contributed by atoms with van der Waals surface area (Å²) in [5.74, 6) is -0.861. The van der Waals surface area contributed by atoms with Gasteiger partial charge in [-0.05, 0) is 5.92 Å². The van der Waals surface area contributed by atoms with Gasteiger partial charge in [-0.25, -0.2) is 0 Å². The average Bonchev–Trinajstić information content (AvgIpc) is 2.61. The van der Waals surface area contributed by atoms with Gasteiger partial charge in [0, 0.05) is 10.8 Å². The molecular weight excluding hydrogens is 204 g/mol. The number of hydrogen-bond donors (Lipinski definition) is 1. The van der Waals surface area contributed by atoms with Crippen LogP contribution in [0, 0.1) is 5.92 Å². The Morgan fingerprint density at radius 1 is 1.31 bits per heavy atom. The van der Waals surface area contributed by atoms with Crippen LogP contribution >= 0.6 is 0 Å². The minimum Gasteiger partial charge on any atom is -0.481 e. The van der Waals surface area contributed by atoms with Gasteiger partial charge in [0.15, 0.2) is 0 Å². The van der Waals surface area contributed by atoms with Gasteiger partial charge in [-0.15, -0.1) is 0 Å². The highest BCUT2D eigenvalue weighted by atomic mass is 16.4. The first-order valence-corrected chi connectivity index (χ1v) is 5.30. The predicted octanol–water partition coefficient (Wildman–Crippen LogP) is 3.26. The maximum Gasteiger partial charge on any atom is 0.314 e. The van der Waals surface area contributed by atoms with E-state index in [1.807, 2.05) is 38.1 Å². The van der Waals surface area contributed by atoms with Crippen LogP contribution in [0.25, 0.3) is 10.8 Å². The van der Waals surface area contributed by atoms with E-state index in [1.54, 1.807) is 6.26 Å². The van der Waals surface area contributed by atoms with Crippen molar-refractivity contribution in [1.29, 1.82) is 0 Å². The Labute approximate surface area is 93.7 Å². The smallest absolute Gasteiger partial charge is 0.314 e. The topological polar surface area (TPSA) is 50.4 Å². The zero-order valence-corrected chi connectivity index (χ0v) is 9.31. The number of rotatable bonds is 3. The van der Waals surface area contributed by atoms with Gasteiger partial charge in [0.1, 0.15) is 11.7 Å². The minimum atomic E-state index is -0.838. The summed E-state index contributed by atoms with van der Waals surface area (Å²) in [6.45, 7) is 3.77. The van der Waals surface area contributed by atoms with Gasteiger partial charge in [-0.3, -0.25) is 4.79 Å². The lowest BCUT2D eigenvalue weighted by atomic mass is 9.91. The van der Waals surface area contributed by atoms with E-state index < -0.39 is 11.9 Å². The molecule has 3 nitrogen and oxygen atoms in total. The number of fused-ring (bicyclic) bond motifs is 1. The molecule has 3 heteroatoms. The van der Waals surface area contributed by atoms with E-state index in [-0.39, 0.29) is 5.92 Å². The number of furan rings is 1. The van der Waals surface area contributed by atoms with E-state index in [9.17, 15) is 9.90 Å². The molecule has 0 saturated carbocycles. The summed E-state index contributed by atoms with van der Waals surface area (Å²) in [6.07, 6.45) is 1.61. The number of benzene rings is 1. The first kappa shape index (κ1) is 10.7. The van der Waals surface area contributed by atoms with Crippen LogP contribution in [0.3, 0.4) is 0 Å². The second-order valence-corrected chi connectivity index (χ2v) is 4.25. The van der Waals surface area contributed by atoms with Crippen LogP contribution in [0.15, 0.2) is 34.9 Å². The third kappa shape index (κ3) is 1.69. The van der Waals surface area contributed by atoms with Crippen molar-refractivity contribution in [3.05, 3.63) is 36.3 Å². The molecule has 0 amide bonds. The maximum atomic E-state index is 11.2. The summed E-state index contributed by atoms with van der Waals surface area (Å²) in [5.41, 5.74) is 0. The monoisotopic (exact) mass is 218 g/mol. The zero-order valence-electron chi connectivity index (χ0n) is 9.31. The summed E-state index contributed by atoms with van der Waals surface area (Å²) in [7, 11) is 0. The second kappa shape index (κ2) is 4.00. The Balaban J connectivity index is 2.57. The molecule has 84 valence electrons. The maximum absolute atomic E-state index is 11.2. The van der Waals surface area contributed by atoms with Gasteiger partial charge in [0.2, 0.25) is 0 Å². The third-order valence-electron chi connectivity index (χ3n) is 2.75. The van der Waals surface area contributed by atoms with Gasteiger partial charge in [-0.2, -0.15) is 0 Å². The van der Waals surface area contributed by atoms with Crippen molar-refractivity contribution in [2.45, 2.75) is 19.8 Å². The van der Waals surface area contributed by atoms with Crippen LogP contribution in [0.2, 0.25) is 0 Å². The van der Waals surface area contributed by atoms with Crippen molar-refractivity contribution in [3.63, 3.8) is 0 Å². The molecule has 0 aliphatic carbocycles. The molecule has 1 unspecified atom stereocenters. The minimum absolute atomic E-state index is 0.00653. The summed E-state index contributed by atoms with van der Waals surface area (Å²) in [4.78, 5) is 11.2. The zero-order chi connectivity index (χ0) is 11.7. The molecule has 2 aromatic rings. The van der Waals surface area contributed by atoms with Crippen LogP contribution in [0.5, 0.6) is 0 Å². The van der Waals surface area contributed by atoms with Crippen molar-refractivity contribution in [1.82, 2.24) is 0 Å². The first-order chi connectivity index (χ1) is 7.61. The Morgan fingerprint density at radius 2 is 2.00 bits per heavy atom. The molecule has 1 N–H and O–H groups in total. The van der Waals surface area contributed by atoms with Crippen LogP contribution in [-0.4, -0.2) is 11.1 Å². The molecule has 0 aliphatic rings. The van der Waals surface area contributed by atoms with Crippen LogP contribution in [0.4, 0.5) is 0 Å². The molecule has 0 aliphatic heterocycles. The van der Waals surface area contributed by atoms with E-state index >= 15 is 0 Å². The number of carboxylic acid groups (broad SMARTS) is 1. The highest BCUT2D eigenvalue weighted by Crippen LogP contribution is 2.32. The first-order valence-electron chi connectivity index (χ1n) is 5.30. The van der Waals surface area contributed by atoms with Crippen molar-refractivity contribution in [2.75, 3.05) is 0 Å². The Hall–Kier alpha value is -1.77. The summed E-state index contributed by atoms with van der Waals surface area (Å²) in [5, 5.41) is 11.1. The third-order valence-corrected chi connectivity index (χ3v) is 2.75. The largest absolute Gasteiger partial charge is 0.481 e. The number of aliphatic carboxylic acids is 1. The number of hydrogen-bond acceptors (Lipinski definition) is 2. The van der Waals surface area contributed by atoms with Gasteiger partial charge >= 0.3 is 5.97 Å². The van der Waals surface area contributed by atoms with E-state index in [2.05, 4.69) is 0 Å². The highest BCUT2D eigenvalue weighted by Gasteiger charge is 2.28. The molecule has 0 bridgehead atoms. The number of carboxylic acids is 1.